The second-order valence-electron chi connectivity index (χ2n) is 15.2. The maximum atomic E-state index is 12.1. The first-order valence-electron chi connectivity index (χ1n) is 14.4. The summed E-state index contributed by atoms with van der Waals surface area (Å²) in [5.74, 6) is -0.395. The Kier molecular flexibility index (Phi) is 5.59. The van der Waals surface area contributed by atoms with Crippen LogP contribution in [-0.4, -0.2) is 27.1 Å². The van der Waals surface area contributed by atoms with E-state index in [-0.39, 0.29) is 34.0 Å². The second-order valence-corrected chi connectivity index (χ2v) is 15.2. The first-order valence-corrected chi connectivity index (χ1v) is 14.4. The molecule has 0 bridgehead atoms. The van der Waals surface area contributed by atoms with Crippen LogP contribution in [0.25, 0.3) is 0 Å². The Morgan fingerprint density at radius 1 is 0.914 bits per heavy atom. The summed E-state index contributed by atoms with van der Waals surface area (Å²) in [6.07, 6.45) is 11.3. The Balaban J connectivity index is 1.64. The van der Waals surface area contributed by atoms with E-state index in [1.54, 1.807) is 0 Å². The van der Waals surface area contributed by atoms with Gasteiger partial charge in [0, 0.05) is 11.8 Å². The van der Waals surface area contributed by atoms with Gasteiger partial charge in [-0.1, -0.05) is 60.1 Å². The number of aliphatic carboxylic acids is 1. The second kappa shape index (κ2) is 7.59. The van der Waals surface area contributed by atoms with Crippen LogP contribution in [0.1, 0.15) is 113 Å². The molecule has 5 rings (SSSR count). The maximum absolute atomic E-state index is 12.1. The third-order valence-electron chi connectivity index (χ3n) is 13.7. The molecule has 4 saturated carbocycles. The molecule has 0 radical (unpaired) electrons. The average molecular weight is 487 g/mol. The number of carboxylic acids is 1. The van der Waals surface area contributed by atoms with Crippen molar-refractivity contribution >= 4 is 5.97 Å². The molecule has 0 aromatic carbocycles. The number of aliphatic hydroxyl groups is 2. The van der Waals surface area contributed by atoms with Crippen LogP contribution in [0.15, 0.2) is 11.6 Å². The van der Waals surface area contributed by atoms with Gasteiger partial charge in [-0.2, -0.15) is 0 Å². The van der Waals surface area contributed by atoms with Crippen molar-refractivity contribution in [2.45, 2.75) is 118 Å². The Hall–Kier alpha value is -0.870. The third kappa shape index (κ3) is 3.14. The molecular weight excluding hydrogens is 436 g/mol. The molecule has 0 aromatic heterocycles. The van der Waals surface area contributed by atoms with Crippen molar-refractivity contribution in [1.82, 2.24) is 0 Å². The molecule has 0 heterocycles. The zero-order chi connectivity index (χ0) is 25.8. The number of allylic oxidation sites excluding steroid dienone is 2. The summed E-state index contributed by atoms with van der Waals surface area (Å²) in [7, 11) is 0. The highest BCUT2D eigenvalue weighted by molar-refractivity contribution is 5.68. The molecule has 0 aliphatic heterocycles. The Labute approximate surface area is 213 Å². The topological polar surface area (TPSA) is 77.8 Å². The molecular formula is C31H50O4. The highest BCUT2D eigenvalue weighted by atomic mass is 16.5. The number of carboxylic acid groups (broad SMARTS) is 1. The summed E-state index contributed by atoms with van der Waals surface area (Å²) in [5.41, 5.74) is 0.904. The minimum absolute atomic E-state index is 0.0255. The first kappa shape index (κ1) is 25.8. The van der Waals surface area contributed by atoms with Crippen LogP contribution in [-0.2, 0) is 4.79 Å². The molecule has 4 heteroatoms. The Morgan fingerprint density at radius 3 is 2.26 bits per heavy atom. The van der Waals surface area contributed by atoms with Gasteiger partial charge in [-0.25, -0.2) is 0 Å². The number of rotatable bonds is 2. The van der Waals surface area contributed by atoms with Gasteiger partial charge in [-0.15, -0.1) is 0 Å². The van der Waals surface area contributed by atoms with E-state index in [0.29, 0.717) is 30.1 Å². The van der Waals surface area contributed by atoms with E-state index in [9.17, 15) is 20.1 Å². The minimum Gasteiger partial charge on any atom is -0.481 e. The number of carbonyl (C=O) groups is 1. The summed E-state index contributed by atoms with van der Waals surface area (Å²) >= 11 is 0. The van der Waals surface area contributed by atoms with Gasteiger partial charge in [0.05, 0.1) is 6.42 Å². The van der Waals surface area contributed by atoms with Crippen molar-refractivity contribution in [3.8, 4) is 0 Å². The van der Waals surface area contributed by atoms with Gasteiger partial charge in [0.2, 0.25) is 0 Å². The zero-order valence-electron chi connectivity index (χ0n) is 23.3. The van der Waals surface area contributed by atoms with Crippen LogP contribution in [0.3, 0.4) is 0 Å². The van der Waals surface area contributed by atoms with Crippen LogP contribution < -0.4 is 0 Å². The maximum Gasteiger partial charge on any atom is 0.303 e. The minimum atomic E-state index is -1.64. The summed E-state index contributed by atoms with van der Waals surface area (Å²) < 4.78 is 0. The smallest absolute Gasteiger partial charge is 0.303 e. The lowest BCUT2D eigenvalue weighted by Crippen LogP contribution is -2.70. The summed E-state index contributed by atoms with van der Waals surface area (Å²) in [6.45, 7) is 16.5. The predicted molar refractivity (Wildman–Crippen MR) is 138 cm³/mol. The molecule has 0 saturated heterocycles. The molecule has 0 unspecified atom stereocenters. The fraction of sp³-hybridized carbons (Fsp3) is 0.903. The fourth-order valence-corrected chi connectivity index (χ4v) is 11.2. The van der Waals surface area contributed by atoms with Crippen molar-refractivity contribution < 1.29 is 20.1 Å². The molecule has 35 heavy (non-hydrogen) atoms. The van der Waals surface area contributed by atoms with E-state index < -0.39 is 17.2 Å². The molecule has 0 spiro atoms. The normalized spacial score (nSPS) is 52.3. The van der Waals surface area contributed by atoms with Crippen molar-refractivity contribution in [2.24, 2.45) is 56.7 Å². The summed E-state index contributed by atoms with van der Waals surface area (Å²) in [5, 5.41) is 33.1. The average Bonchev–Trinajstić information content (AvgIpc) is 2.75. The van der Waals surface area contributed by atoms with Gasteiger partial charge in [0.15, 0.2) is 5.79 Å². The molecule has 9 atom stereocenters. The molecule has 0 aromatic rings. The first-order chi connectivity index (χ1) is 16.1. The number of fused-ring (bicyclic) bond motifs is 7. The lowest BCUT2D eigenvalue weighted by molar-refractivity contribution is -0.340. The fourth-order valence-electron chi connectivity index (χ4n) is 11.2. The van der Waals surface area contributed by atoms with E-state index >= 15 is 0 Å². The van der Waals surface area contributed by atoms with E-state index in [0.717, 1.165) is 51.4 Å². The molecule has 4 fully saturated rings. The molecule has 198 valence electrons. The third-order valence-corrected chi connectivity index (χ3v) is 13.7. The van der Waals surface area contributed by atoms with Crippen LogP contribution >= 0.6 is 0 Å². The number of hydrogen-bond acceptors (Lipinski definition) is 3. The van der Waals surface area contributed by atoms with Gasteiger partial charge in [0.25, 0.3) is 0 Å². The van der Waals surface area contributed by atoms with Gasteiger partial charge < -0.3 is 15.3 Å². The highest BCUT2D eigenvalue weighted by Crippen LogP contribution is 2.77. The van der Waals surface area contributed by atoms with Crippen molar-refractivity contribution in [3.63, 3.8) is 0 Å². The van der Waals surface area contributed by atoms with Crippen molar-refractivity contribution in [1.29, 1.82) is 0 Å². The lowest BCUT2D eigenvalue weighted by Gasteiger charge is -2.72. The van der Waals surface area contributed by atoms with Gasteiger partial charge in [-0.05, 0) is 103 Å². The van der Waals surface area contributed by atoms with E-state index in [1.165, 1.54) is 5.57 Å². The Bertz CT molecular complexity index is 934. The quantitative estimate of drug-likeness (QED) is 0.296. The zero-order valence-corrected chi connectivity index (χ0v) is 23.3. The molecule has 0 amide bonds. The van der Waals surface area contributed by atoms with E-state index in [1.807, 2.05) is 0 Å². The van der Waals surface area contributed by atoms with Gasteiger partial charge in [0.1, 0.15) is 0 Å². The van der Waals surface area contributed by atoms with Crippen molar-refractivity contribution in [3.05, 3.63) is 11.6 Å². The van der Waals surface area contributed by atoms with Gasteiger partial charge in [-0.3, -0.25) is 4.79 Å². The predicted octanol–water partition coefficient (Wildman–Crippen LogP) is 6.80. The number of hydrogen-bond donors (Lipinski definition) is 3. The van der Waals surface area contributed by atoms with Crippen LogP contribution in [0.4, 0.5) is 0 Å². The van der Waals surface area contributed by atoms with E-state index in [2.05, 4.69) is 54.5 Å². The summed E-state index contributed by atoms with van der Waals surface area (Å²) in [4.78, 5) is 12.1. The SMILES string of the molecule is C[C@H]1[C@H](C)CC[C@]2(CC(=O)O)CC[C@]3(C)C(=CC[C@@H]4[C@]5(C)[C@@H](CC[C@]43C)C(C)(C)CCC5(O)O)[C@H]12. The molecule has 4 nitrogen and oxygen atoms in total. The van der Waals surface area contributed by atoms with Crippen molar-refractivity contribution in [2.75, 3.05) is 0 Å². The van der Waals surface area contributed by atoms with Crippen LogP contribution in [0.5, 0.6) is 0 Å². The molecule has 5 aliphatic rings. The van der Waals surface area contributed by atoms with Crippen LogP contribution in [0, 0.1) is 56.7 Å². The highest BCUT2D eigenvalue weighted by Gasteiger charge is 2.72. The molecule has 5 aliphatic carbocycles. The van der Waals surface area contributed by atoms with Crippen LogP contribution in [0.2, 0.25) is 0 Å². The summed E-state index contributed by atoms with van der Waals surface area (Å²) in [6, 6.07) is 0. The van der Waals surface area contributed by atoms with Gasteiger partial charge >= 0.3 is 5.97 Å². The standard InChI is InChI=1S/C31H50O4/c1-19-10-13-30(18-24(32)33)16-15-27(5)21(25(30)20(19)2)8-9-23-28(27,6)12-11-22-26(3,4)14-17-31(34,35)29(22,23)7/h8,19-20,22-23,25,34-35H,9-18H2,1-7H3,(H,32,33)/t19-,20+,22+,23+,25+,27-,28-,29+,30-/m1/s1. The molecule has 3 N–H and O–H groups in total. The monoisotopic (exact) mass is 486 g/mol. The lowest BCUT2D eigenvalue weighted by atomic mass is 9.32. The largest absolute Gasteiger partial charge is 0.481 e. The Morgan fingerprint density at radius 2 is 1.60 bits per heavy atom. The van der Waals surface area contributed by atoms with E-state index in [4.69, 9.17) is 0 Å².